The molecule has 0 spiro atoms. The Labute approximate surface area is 48.3 Å². The van der Waals surface area contributed by atoms with E-state index in [-0.39, 0.29) is 0 Å². The highest BCUT2D eigenvalue weighted by molar-refractivity contribution is 5.84. The van der Waals surface area contributed by atoms with Crippen LogP contribution in [0.25, 0.3) is 0 Å². The van der Waals surface area contributed by atoms with Gasteiger partial charge < -0.3 is 5.11 Å². The molecule has 1 aliphatic carbocycles. The molecule has 2 nitrogen and oxygen atoms in total. The fraction of sp³-hybridized carbons (Fsp3) is 0.750. The fourth-order valence-corrected chi connectivity index (χ4v) is 0.516. The van der Waals surface area contributed by atoms with Crippen LogP contribution in [0.3, 0.4) is 0 Å². The number of hydrogen-bond donors (Lipinski definition) is 1. The first-order valence-electron chi connectivity index (χ1n) is 2.21. The first-order chi connectivity index (χ1) is 4.01. The summed E-state index contributed by atoms with van der Waals surface area (Å²) >= 11 is 0. The number of hydrogen-bond acceptors (Lipinski definition) is 1. The Morgan fingerprint density at radius 2 is 1.78 bits per heavy atom. The molecule has 0 aromatic heterocycles. The van der Waals surface area contributed by atoms with Crippen molar-refractivity contribution in [2.24, 2.45) is 0 Å². The third-order valence-electron chi connectivity index (χ3n) is 1.28. The van der Waals surface area contributed by atoms with Crippen LogP contribution in [0.1, 0.15) is 0 Å². The van der Waals surface area contributed by atoms with Gasteiger partial charge in [-0.05, 0) is 0 Å². The van der Waals surface area contributed by atoms with Gasteiger partial charge in [0.05, 0.1) is 0 Å². The van der Waals surface area contributed by atoms with Crippen molar-refractivity contribution < 1.29 is 23.1 Å². The summed E-state index contributed by atoms with van der Waals surface area (Å²) in [6, 6.07) is 0. The quantitative estimate of drug-likeness (QED) is 0.574. The van der Waals surface area contributed by atoms with E-state index in [9.17, 15) is 18.0 Å². The van der Waals surface area contributed by atoms with Gasteiger partial charge in [0.25, 0.3) is 5.67 Å². The zero-order valence-corrected chi connectivity index (χ0v) is 4.14. The van der Waals surface area contributed by atoms with Crippen LogP contribution in [0.2, 0.25) is 0 Å². The van der Waals surface area contributed by atoms with E-state index in [1.54, 1.807) is 0 Å². The average molecular weight is 140 g/mol. The summed E-state index contributed by atoms with van der Waals surface area (Å²) < 4.78 is 35.4. The van der Waals surface area contributed by atoms with E-state index in [0.717, 1.165) is 0 Å². The maximum atomic E-state index is 12.1. The number of carboxylic acid groups (broad SMARTS) is 1. The number of carbonyl (C=O) groups is 1. The summed E-state index contributed by atoms with van der Waals surface area (Å²) in [6.45, 7) is 0. The van der Waals surface area contributed by atoms with Gasteiger partial charge in [0.2, 0.25) is 0 Å². The molecule has 52 valence electrons. The smallest absolute Gasteiger partial charge is 0.347 e. The number of rotatable bonds is 1. The predicted molar refractivity (Wildman–Crippen MR) is 21.3 cm³/mol. The second-order valence-corrected chi connectivity index (χ2v) is 1.88. The first kappa shape index (κ1) is 6.38. The minimum absolute atomic E-state index is 2.07. The van der Waals surface area contributed by atoms with E-state index >= 15 is 0 Å². The lowest BCUT2D eigenvalue weighted by Gasteiger charge is -1.91. The highest BCUT2D eigenvalue weighted by atomic mass is 19.2. The summed E-state index contributed by atoms with van der Waals surface area (Å²) in [4.78, 5) is 9.65. The van der Waals surface area contributed by atoms with Gasteiger partial charge in [-0.25, -0.2) is 18.0 Å². The molecular formula is C4H3F3O2. The predicted octanol–water partition coefficient (Wildman–Crippen LogP) is 0.469. The SMILES string of the molecule is O=C(O)C1(F)C(F)C1F. The Kier molecular flexibility index (Phi) is 0.992. The molecule has 0 aromatic rings. The molecule has 0 bridgehead atoms. The topological polar surface area (TPSA) is 37.3 Å². The van der Waals surface area contributed by atoms with Gasteiger partial charge in [0.15, 0.2) is 12.3 Å². The third-order valence-corrected chi connectivity index (χ3v) is 1.28. The molecular weight excluding hydrogens is 137 g/mol. The van der Waals surface area contributed by atoms with E-state index in [1.165, 1.54) is 0 Å². The molecule has 1 rings (SSSR count). The number of alkyl halides is 3. The Balaban J connectivity index is 2.71. The maximum absolute atomic E-state index is 12.1. The van der Waals surface area contributed by atoms with E-state index in [2.05, 4.69) is 0 Å². The minimum atomic E-state index is -3.25. The van der Waals surface area contributed by atoms with Gasteiger partial charge in [-0.1, -0.05) is 0 Å². The van der Waals surface area contributed by atoms with E-state index in [1.807, 2.05) is 0 Å². The first-order valence-corrected chi connectivity index (χ1v) is 2.21. The lowest BCUT2D eigenvalue weighted by molar-refractivity contribution is -0.146. The van der Waals surface area contributed by atoms with Crippen LogP contribution in [0, 0.1) is 0 Å². The normalized spacial score (nSPS) is 48.8. The van der Waals surface area contributed by atoms with E-state index < -0.39 is 24.0 Å². The minimum Gasteiger partial charge on any atom is -0.479 e. The molecule has 1 aliphatic rings. The van der Waals surface area contributed by atoms with Crippen molar-refractivity contribution in [2.45, 2.75) is 18.0 Å². The summed E-state index contributed by atoms with van der Waals surface area (Å²) in [5.41, 5.74) is -3.25. The fourth-order valence-electron chi connectivity index (χ4n) is 0.516. The molecule has 0 heterocycles. The van der Waals surface area contributed by atoms with Crippen LogP contribution in [0.15, 0.2) is 0 Å². The zero-order valence-electron chi connectivity index (χ0n) is 4.14. The standard InChI is InChI=1S/C4H3F3O2/c5-1-2(6)4(1,7)3(8)9/h1-2H,(H,8,9). The molecule has 0 saturated heterocycles. The lowest BCUT2D eigenvalue weighted by Crippen LogP contribution is -2.21. The van der Waals surface area contributed by atoms with Gasteiger partial charge in [-0.15, -0.1) is 0 Å². The average Bonchev–Trinajstić information content (AvgIpc) is 2.22. The molecule has 0 aromatic carbocycles. The summed E-state index contributed by atoms with van der Waals surface area (Å²) in [5.74, 6) is -2.07. The Morgan fingerprint density at radius 3 is 1.78 bits per heavy atom. The molecule has 1 fully saturated rings. The molecule has 1 N–H and O–H groups in total. The molecule has 2 atom stereocenters. The van der Waals surface area contributed by atoms with Crippen LogP contribution < -0.4 is 0 Å². The number of halogens is 3. The maximum Gasteiger partial charge on any atom is 0.347 e. The highest BCUT2D eigenvalue weighted by Gasteiger charge is 2.75. The second-order valence-electron chi connectivity index (χ2n) is 1.88. The van der Waals surface area contributed by atoms with Gasteiger partial charge in [-0.2, -0.15) is 0 Å². The summed E-state index contributed by atoms with van der Waals surface area (Å²) in [5, 5.41) is 7.80. The number of aliphatic carboxylic acids is 1. The van der Waals surface area contributed by atoms with Crippen molar-refractivity contribution in [3.05, 3.63) is 0 Å². The van der Waals surface area contributed by atoms with Crippen LogP contribution in [0.4, 0.5) is 13.2 Å². The van der Waals surface area contributed by atoms with Crippen LogP contribution >= 0.6 is 0 Å². The highest BCUT2D eigenvalue weighted by Crippen LogP contribution is 2.46. The summed E-state index contributed by atoms with van der Waals surface area (Å²) in [6.07, 6.45) is -4.95. The van der Waals surface area contributed by atoms with Crippen molar-refractivity contribution in [1.82, 2.24) is 0 Å². The van der Waals surface area contributed by atoms with Gasteiger partial charge in [-0.3, -0.25) is 0 Å². The van der Waals surface area contributed by atoms with Gasteiger partial charge in [0, 0.05) is 0 Å². The molecule has 0 radical (unpaired) electrons. The van der Waals surface area contributed by atoms with Crippen molar-refractivity contribution in [2.75, 3.05) is 0 Å². The van der Waals surface area contributed by atoms with E-state index in [0.29, 0.717) is 0 Å². The molecule has 2 unspecified atom stereocenters. The molecule has 9 heavy (non-hydrogen) atoms. The molecule has 0 amide bonds. The Bertz CT molecular complexity index is 150. The summed E-state index contributed by atoms with van der Waals surface area (Å²) in [7, 11) is 0. The van der Waals surface area contributed by atoms with E-state index in [4.69, 9.17) is 5.11 Å². The third kappa shape index (κ3) is 0.541. The Morgan fingerprint density at radius 1 is 1.44 bits per heavy atom. The Hall–Kier alpha value is -0.740. The monoisotopic (exact) mass is 140 g/mol. The zero-order chi connectivity index (χ0) is 7.23. The van der Waals surface area contributed by atoms with Crippen LogP contribution in [-0.4, -0.2) is 29.1 Å². The molecule has 1 saturated carbocycles. The molecule has 0 aliphatic heterocycles. The largest absolute Gasteiger partial charge is 0.479 e. The van der Waals surface area contributed by atoms with Crippen molar-refractivity contribution >= 4 is 5.97 Å². The lowest BCUT2D eigenvalue weighted by atomic mass is 10.4. The van der Waals surface area contributed by atoms with Crippen LogP contribution in [-0.2, 0) is 4.79 Å². The van der Waals surface area contributed by atoms with Crippen molar-refractivity contribution in [3.63, 3.8) is 0 Å². The van der Waals surface area contributed by atoms with Crippen LogP contribution in [0.5, 0.6) is 0 Å². The van der Waals surface area contributed by atoms with Crippen molar-refractivity contribution in [1.29, 1.82) is 0 Å². The van der Waals surface area contributed by atoms with Gasteiger partial charge in [0.1, 0.15) is 0 Å². The van der Waals surface area contributed by atoms with Gasteiger partial charge >= 0.3 is 5.97 Å². The van der Waals surface area contributed by atoms with Crippen molar-refractivity contribution in [3.8, 4) is 0 Å². The second kappa shape index (κ2) is 1.40. The number of carboxylic acids is 1. The molecule has 5 heteroatoms.